The van der Waals surface area contributed by atoms with E-state index in [2.05, 4.69) is 84.5 Å². The lowest BCUT2D eigenvalue weighted by atomic mass is 9.59. The Hall–Kier alpha value is -3.64. The number of fused-ring (bicyclic) bond motifs is 1. The second kappa shape index (κ2) is 6.68. The minimum Gasteiger partial charge on any atom is -0.394 e. The summed E-state index contributed by atoms with van der Waals surface area (Å²) in [5.74, 6) is 0.0954. The van der Waals surface area contributed by atoms with E-state index in [0.717, 1.165) is 11.3 Å². The molecule has 0 saturated carbocycles. The number of pyridine rings is 1. The molecule has 1 aromatic carbocycles. The largest absolute Gasteiger partial charge is 0.394 e. The maximum absolute atomic E-state index is 9.09. The molecule has 0 atom stereocenters. The van der Waals surface area contributed by atoms with Crippen LogP contribution in [0.25, 0.3) is 27.5 Å². The molecule has 0 aliphatic heterocycles. The van der Waals surface area contributed by atoms with E-state index in [1.807, 2.05) is 18.2 Å². The Bertz CT molecular complexity index is 1240. The SMILES string of the molecule is [C-]#[N+]c1nc(C#N)nc(-c2ccc(-c3ccc4c(c3)C(C)(C)C(C)(C)C4(C)C)nc2)n1. The summed E-state index contributed by atoms with van der Waals surface area (Å²) in [6.07, 6.45) is 1.67. The van der Waals surface area contributed by atoms with Gasteiger partial charge in [0.2, 0.25) is 5.82 Å². The number of benzene rings is 1. The van der Waals surface area contributed by atoms with E-state index in [-0.39, 0.29) is 33.8 Å². The van der Waals surface area contributed by atoms with Gasteiger partial charge in [-0.25, -0.2) is 0 Å². The van der Waals surface area contributed by atoms with E-state index < -0.39 is 0 Å². The van der Waals surface area contributed by atoms with Crippen molar-refractivity contribution in [2.45, 2.75) is 52.4 Å². The second-order valence-electron chi connectivity index (χ2n) is 9.57. The molecule has 6 nitrogen and oxygen atoms in total. The van der Waals surface area contributed by atoms with Crippen LogP contribution in [-0.2, 0) is 10.8 Å². The number of hydrogen-bond donors (Lipinski definition) is 0. The molecule has 1 aliphatic carbocycles. The van der Waals surface area contributed by atoms with Gasteiger partial charge in [-0.2, -0.15) is 10.2 Å². The molecule has 31 heavy (non-hydrogen) atoms. The first-order valence-corrected chi connectivity index (χ1v) is 10.2. The molecule has 1 aliphatic rings. The standard InChI is InChI=1S/C25H24N6/c1-23(2)17-10-8-15(12-18(17)24(3,4)25(23,5)6)19-11-9-16(14-28-19)21-29-20(13-26)30-22(27-7)31-21/h8-12,14H,1-6H3. The van der Waals surface area contributed by atoms with Crippen LogP contribution in [-0.4, -0.2) is 19.9 Å². The van der Waals surface area contributed by atoms with Crippen molar-refractivity contribution in [2.24, 2.45) is 5.41 Å². The Morgan fingerprint density at radius 2 is 1.55 bits per heavy atom. The zero-order valence-electron chi connectivity index (χ0n) is 18.6. The third kappa shape index (κ3) is 2.91. The number of hydrogen-bond acceptors (Lipinski definition) is 5. The van der Waals surface area contributed by atoms with Gasteiger partial charge in [0.15, 0.2) is 6.07 Å². The minimum atomic E-state index is -0.100. The Morgan fingerprint density at radius 1 is 0.871 bits per heavy atom. The van der Waals surface area contributed by atoms with Crippen LogP contribution in [0.15, 0.2) is 36.5 Å². The van der Waals surface area contributed by atoms with Gasteiger partial charge in [-0.15, -0.1) is 16.5 Å². The predicted octanol–water partition coefficient (Wildman–Crippen LogP) is 5.62. The summed E-state index contributed by atoms with van der Waals surface area (Å²) in [6.45, 7) is 21.1. The highest BCUT2D eigenvalue weighted by Crippen LogP contribution is 2.61. The molecule has 0 fully saturated rings. The summed E-state index contributed by atoms with van der Waals surface area (Å²) < 4.78 is 0. The maximum Gasteiger partial charge on any atom is 0.376 e. The molecule has 6 heteroatoms. The van der Waals surface area contributed by atoms with Gasteiger partial charge in [-0.05, 0) is 45.6 Å². The quantitative estimate of drug-likeness (QED) is 0.514. The number of nitriles is 1. The molecule has 3 aromatic rings. The summed E-state index contributed by atoms with van der Waals surface area (Å²) in [5.41, 5.74) is 5.50. The first-order valence-electron chi connectivity index (χ1n) is 10.2. The lowest BCUT2D eigenvalue weighted by Gasteiger charge is -2.44. The van der Waals surface area contributed by atoms with Gasteiger partial charge in [0.05, 0.1) is 11.3 Å². The highest BCUT2D eigenvalue weighted by molar-refractivity contribution is 5.67. The summed E-state index contributed by atoms with van der Waals surface area (Å²) in [4.78, 5) is 19.8. The molecule has 2 aromatic heterocycles. The van der Waals surface area contributed by atoms with Crippen LogP contribution in [0.2, 0.25) is 0 Å². The fraction of sp³-hybridized carbons (Fsp3) is 0.360. The van der Waals surface area contributed by atoms with Crippen molar-refractivity contribution in [3.8, 4) is 28.7 Å². The smallest absolute Gasteiger partial charge is 0.376 e. The predicted molar refractivity (Wildman–Crippen MR) is 119 cm³/mol. The first-order chi connectivity index (χ1) is 14.5. The Balaban J connectivity index is 1.75. The maximum atomic E-state index is 9.09. The lowest BCUT2D eigenvalue weighted by Crippen LogP contribution is -2.42. The fourth-order valence-corrected chi connectivity index (χ4v) is 4.51. The molecule has 0 radical (unpaired) electrons. The molecule has 2 heterocycles. The van der Waals surface area contributed by atoms with Crippen LogP contribution >= 0.6 is 0 Å². The highest BCUT2D eigenvalue weighted by atomic mass is 15.1. The van der Waals surface area contributed by atoms with E-state index in [4.69, 9.17) is 11.8 Å². The molecule has 0 spiro atoms. The van der Waals surface area contributed by atoms with Crippen LogP contribution in [0.3, 0.4) is 0 Å². The monoisotopic (exact) mass is 408 g/mol. The van der Waals surface area contributed by atoms with Crippen molar-refractivity contribution >= 4 is 5.95 Å². The fourth-order valence-electron chi connectivity index (χ4n) is 4.51. The van der Waals surface area contributed by atoms with Gasteiger partial charge in [-0.1, -0.05) is 53.7 Å². The summed E-state index contributed by atoms with van der Waals surface area (Å²) in [6, 6.07) is 12.3. The van der Waals surface area contributed by atoms with Gasteiger partial charge >= 0.3 is 5.95 Å². The van der Waals surface area contributed by atoms with Crippen LogP contribution in [0, 0.1) is 23.3 Å². The average molecular weight is 409 g/mol. The van der Waals surface area contributed by atoms with Gasteiger partial charge < -0.3 is 4.85 Å². The zero-order chi connectivity index (χ0) is 22.6. The number of nitrogens with zero attached hydrogens (tertiary/aromatic N) is 6. The molecule has 0 bridgehead atoms. The Kier molecular flexibility index (Phi) is 4.45. The van der Waals surface area contributed by atoms with Gasteiger partial charge in [0.1, 0.15) is 0 Å². The van der Waals surface area contributed by atoms with Gasteiger partial charge in [0.25, 0.3) is 5.82 Å². The number of rotatable bonds is 2. The van der Waals surface area contributed by atoms with E-state index >= 15 is 0 Å². The molecule has 0 N–H and O–H groups in total. The molecular weight excluding hydrogens is 384 g/mol. The lowest BCUT2D eigenvalue weighted by molar-refractivity contribution is 0.125. The average Bonchev–Trinajstić information content (AvgIpc) is 2.87. The van der Waals surface area contributed by atoms with Crippen molar-refractivity contribution in [3.05, 3.63) is 64.9 Å². The molecule has 0 amide bonds. The molecule has 154 valence electrons. The van der Waals surface area contributed by atoms with Crippen molar-refractivity contribution in [1.82, 2.24) is 19.9 Å². The van der Waals surface area contributed by atoms with Crippen molar-refractivity contribution in [3.63, 3.8) is 0 Å². The van der Waals surface area contributed by atoms with Crippen LogP contribution in [0.5, 0.6) is 0 Å². The van der Waals surface area contributed by atoms with Crippen LogP contribution < -0.4 is 0 Å². The van der Waals surface area contributed by atoms with E-state index in [0.29, 0.717) is 5.56 Å². The van der Waals surface area contributed by atoms with Gasteiger partial charge in [0, 0.05) is 11.8 Å². The molecule has 0 unspecified atom stereocenters. The third-order valence-corrected chi connectivity index (χ3v) is 7.63. The molecular formula is C25H24N6. The Morgan fingerprint density at radius 3 is 2.16 bits per heavy atom. The van der Waals surface area contributed by atoms with E-state index in [9.17, 15) is 0 Å². The topological polar surface area (TPSA) is 79.7 Å². The van der Waals surface area contributed by atoms with E-state index in [1.54, 1.807) is 6.20 Å². The first kappa shape index (κ1) is 20.6. The van der Waals surface area contributed by atoms with Gasteiger partial charge in [-0.3, -0.25) is 4.98 Å². The minimum absolute atomic E-state index is 0.0243. The Labute approximate surface area is 182 Å². The van der Waals surface area contributed by atoms with Crippen molar-refractivity contribution in [2.75, 3.05) is 0 Å². The highest BCUT2D eigenvalue weighted by Gasteiger charge is 2.56. The third-order valence-electron chi connectivity index (χ3n) is 7.63. The second-order valence-corrected chi connectivity index (χ2v) is 9.57. The number of aromatic nitrogens is 4. The summed E-state index contributed by atoms with van der Waals surface area (Å²) in [7, 11) is 0. The van der Waals surface area contributed by atoms with Crippen molar-refractivity contribution < 1.29 is 0 Å². The zero-order valence-corrected chi connectivity index (χ0v) is 18.6. The van der Waals surface area contributed by atoms with Crippen LogP contribution in [0.4, 0.5) is 5.95 Å². The molecule has 0 saturated heterocycles. The normalized spacial score (nSPS) is 17.4. The van der Waals surface area contributed by atoms with Crippen LogP contribution in [0.1, 0.15) is 58.5 Å². The van der Waals surface area contributed by atoms with E-state index in [1.165, 1.54) is 11.1 Å². The van der Waals surface area contributed by atoms with Crippen molar-refractivity contribution in [1.29, 1.82) is 5.26 Å². The summed E-state index contributed by atoms with van der Waals surface area (Å²) in [5, 5.41) is 9.09. The molecule has 4 rings (SSSR count). The summed E-state index contributed by atoms with van der Waals surface area (Å²) >= 11 is 0.